The first kappa shape index (κ1) is 12.9. The van der Waals surface area contributed by atoms with Gasteiger partial charge in [0, 0.05) is 25.3 Å². The minimum absolute atomic E-state index is 0.112. The second kappa shape index (κ2) is 5.46. The normalized spacial score (nSPS) is 14.2. The van der Waals surface area contributed by atoms with Gasteiger partial charge in [0.1, 0.15) is 5.69 Å². The summed E-state index contributed by atoms with van der Waals surface area (Å²) in [6, 6.07) is 8.49. The van der Waals surface area contributed by atoms with Gasteiger partial charge < -0.3 is 15.6 Å². The van der Waals surface area contributed by atoms with Crippen LogP contribution in [0.15, 0.2) is 36.8 Å². The molecule has 2 aromatic rings. The van der Waals surface area contributed by atoms with Gasteiger partial charge in [-0.15, -0.1) is 0 Å². The molecule has 0 unspecified atom stereocenters. The molecule has 1 aliphatic rings. The summed E-state index contributed by atoms with van der Waals surface area (Å²) in [4.78, 5) is 16.3. The maximum Gasteiger partial charge on any atom is 0.271 e. The Hall–Kier alpha value is -2.14. The smallest absolute Gasteiger partial charge is 0.271 e. The highest BCUT2D eigenvalue weighted by Crippen LogP contribution is 2.21. The summed E-state index contributed by atoms with van der Waals surface area (Å²) in [5, 5.41) is 3.05. The predicted molar refractivity (Wildman–Crippen MR) is 76.4 cm³/mol. The molecule has 3 rings (SSSR count). The first-order valence-electron chi connectivity index (χ1n) is 6.86. The zero-order valence-electron chi connectivity index (χ0n) is 11.2. The zero-order valence-corrected chi connectivity index (χ0v) is 11.2. The maximum absolute atomic E-state index is 12.2. The fraction of sp³-hybridized carbons (Fsp3) is 0.333. The largest absolute Gasteiger partial charge is 0.347 e. The number of rotatable bonds is 4. The molecule has 104 valence electrons. The summed E-state index contributed by atoms with van der Waals surface area (Å²) < 4.78 is 1.83. The van der Waals surface area contributed by atoms with Gasteiger partial charge in [-0.3, -0.25) is 4.79 Å². The summed E-state index contributed by atoms with van der Waals surface area (Å²) in [5.41, 5.74) is 8.58. The molecule has 1 amide bonds. The van der Waals surface area contributed by atoms with Gasteiger partial charge in [0.25, 0.3) is 5.91 Å². The number of fused-ring (bicyclic) bond motifs is 1. The van der Waals surface area contributed by atoms with E-state index in [0.29, 0.717) is 18.8 Å². The Balaban J connectivity index is 1.62. The van der Waals surface area contributed by atoms with Crippen molar-refractivity contribution >= 4 is 5.91 Å². The van der Waals surface area contributed by atoms with Crippen LogP contribution in [-0.4, -0.2) is 28.0 Å². The van der Waals surface area contributed by atoms with Crippen molar-refractivity contribution in [3.05, 3.63) is 53.6 Å². The highest BCUT2D eigenvalue weighted by molar-refractivity contribution is 5.92. The number of carbonyl (C=O) groups excluding carboxylic acids is 1. The summed E-state index contributed by atoms with van der Waals surface area (Å²) >= 11 is 0. The Kier molecular flexibility index (Phi) is 3.52. The molecule has 0 fully saturated rings. The van der Waals surface area contributed by atoms with Crippen LogP contribution in [-0.2, 0) is 19.4 Å². The Labute approximate surface area is 117 Å². The molecule has 0 bridgehead atoms. The monoisotopic (exact) mass is 270 g/mol. The van der Waals surface area contributed by atoms with E-state index in [0.717, 1.165) is 12.8 Å². The lowest BCUT2D eigenvalue weighted by atomic mass is 10.1. The van der Waals surface area contributed by atoms with Crippen molar-refractivity contribution in [2.45, 2.75) is 25.4 Å². The fourth-order valence-electron chi connectivity index (χ4n) is 2.67. The van der Waals surface area contributed by atoms with Crippen LogP contribution in [0.1, 0.15) is 21.6 Å². The molecule has 1 aliphatic carbocycles. The van der Waals surface area contributed by atoms with Gasteiger partial charge in [0.15, 0.2) is 0 Å². The van der Waals surface area contributed by atoms with Crippen LogP contribution in [0.25, 0.3) is 0 Å². The molecule has 1 aromatic heterocycles. The molecular formula is C15H18N4O. The molecular weight excluding hydrogens is 252 g/mol. The molecule has 3 N–H and O–H groups in total. The summed E-state index contributed by atoms with van der Waals surface area (Å²) in [6.07, 6.45) is 5.17. The van der Waals surface area contributed by atoms with Crippen LogP contribution in [0.4, 0.5) is 0 Å². The fourth-order valence-corrected chi connectivity index (χ4v) is 2.67. The van der Waals surface area contributed by atoms with Crippen molar-refractivity contribution in [2.24, 2.45) is 5.73 Å². The molecule has 0 saturated heterocycles. The topological polar surface area (TPSA) is 72.9 Å². The van der Waals surface area contributed by atoms with E-state index in [4.69, 9.17) is 5.73 Å². The molecule has 1 heterocycles. The number of amides is 1. The molecule has 20 heavy (non-hydrogen) atoms. The van der Waals surface area contributed by atoms with Crippen LogP contribution in [0.2, 0.25) is 0 Å². The highest BCUT2D eigenvalue weighted by Gasteiger charge is 2.23. The lowest BCUT2D eigenvalue weighted by molar-refractivity contribution is 0.0934. The molecule has 1 aromatic carbocycles. The number of aromatic nitrogens is 2. The molecule has 0 saturated carbocycles. The third kappa shape index (κ3) is 2.58. The number of hydrogen-bond donors (Lipinski definition) is 2. The van der Waals surface area contributed by atoms with Gasteiger partial charge in [-0.05, 0) is 24.0 Å². The van der Waals surface area contributed by atoms with Crippen molar-refractivity contribution in [1.82, 2.24) is 14.9 Å². The molecule has 0 aliphatic heterocycles. The van der Waals surface area contributed by atoms with Crippen molar-refractivity contribution < 1.29 is 4.79 Å². The first-order chi connectivity index (χ1) is 9.76. The van der Waals surface area contributed by atoms with Crippen LogP contribution in [0.5, 0.6) is 0 Å². The molecule has 0 radical (unpaired) electrons. The number of nitrogens with two attached hydrogens (primary N) is 1. The Morgan fingerprint density at radius 2 is 2.05 bits per heavy atom. The minimum Gasteiger partial charge on any atom is -0.347 e. The minimum atomic E-state index is -0.112. The summed E-state index contributed by atoms with van der Waals surface area (Å²) in [6.45, 7) is 1.21. The molecule has 5 heteroatoms. The number of hydrogen-bond acceptors (Lipinski definition) is 3. The second-order valence-corrected chi connectivity index (χ2v) is 5.13. The van der Waals surface area contributed by atoms with E-state index >= 15 is 0 Å². The van der Waals surface area contributed by atoms with E-state index < -0.39 is 0 Å². The van der Waals surface area contributed by atoms with E-state index in [2.05, 4.69) is 22.4 Å². The van der Waals surface area contributed by atoms with Crippen molar-refractivity contribution in [3.8, 4) is 0 Å². The van der Waals surface area contributed by atoms with E-state index in [1.54, 1.807) is 12.5 Å². The molecule has 0 atom stereocenters. The Morgan fingerprint density at radius 1 is 1.35 bits per heavy atom. The van der Waals surface area contributed by atoms with E-state index in [1.807, 2.05) is 16.7 Å². The first-order valence-corrected chi connectivity index (χ1v) is 6.86. The molecule has 5 nitrogen and oxygen atoms in total. The van der Waals surface area contributed by atoms with E-state index in [1.165, 1.54) is 11.1 Å². The number of imidazole rings is 1. The SMILES string of the molecule is NCCn1cnc(C(=O)NC2Cc3ccccc3C2)c1. The van der Waals surface area contributed by atoms with Crippen LogP contribution < -0.4 is 11.1 Å². The van der Waals surface area contributed by atoms with Gasteiger partial charge in [0.05, 0.1) is 6.33 Å². The number of carbonyl (C=O) groups is 1. The maximum atomic E-state index is 12.2. The van der Waals surface area contributed by atoms with Crippen molar-refractivity contribution in [2.75, 3.05) is 6.54 Å². The predicted octanol–water partition coefficient (Wildman–Crippen LogP) is 0.739. The number of nitrogens with zero attached hydrogens (tertiary/aromatic N) is 2. The van der Waals surface area contributed by atoms with Crippen LogP contribution in [0, 0.1) is 0 Å². The van der Waals surface area contributed by atoms with Gasteiger partial charge >= 0.3 is 0 Å². The standard InChI is InChI=1S/C15H18N4O/c16-5-6-19-9-14(17-10-19)15(20)18-13-7-11-3-1-2-4-12(11)8-13/h1-4,9-10,13H,5-8,16H2,(H,18,20). The Morgan fingerprint density at radius 3 is 2.70 bits per heavy atom. The second-order valence-electron chi connectivity index (χ2n) is 5.13. The van der Waals surface area contributed by atoms with E-state index in [9.17, 15) is 4.79 Å². The molecule has 0 spiro atoms. The average Bonchev–Trinajstić information content (AvgIpc) is 3.04. The van der Waals surface area contributed by atoms with Crippen molar-refractivity contribution in [3.63, 3.8) is 0 Å². The lowest BCUT2D eigenvalue weighted by Gasteiger charge is -2.10. The quantitative estimate of drug-likeness (QED) is 0.860. The number of benzene rings is 1. The number of nitrogens with one attached hydrogen (secondary N) is 1. The summed E-state index contributed by atoms with van der Waals surface area (Å²) in [5.74, 6) is -0.112. The van der Waals surface area contributed by atoms with Gasteiger partial charge in [-0.1, -0.05) is 24.3 Å². The van der Waals surface area contributed by atoms with Crippen molar-refractivity contribution in [1.29, 1.82) is 0 Å². The highest BCUT2D eigenvalue weighted by atomic mass is 16.2. The van der Waals surface area contributed by atoms with Crippen LogP contribution >= 0.6 is 0 Å². The lowest BCUT2D eigenvalue weighted by Crippen LogP contribution is -2.35. The Bertz CT molecular complexity index is 595. The summed E-state index contributed by atoms with van der Waals surface area (Å²) in [7, 11) is 0. The van der Waals surface area contributed by atoms with E-state index in [-0.39, 0.29) is 11.9 Å². The third-order valence-corrected chi connectivity index (χ3v) is 3.64. The third-order valence-electron chi connectivity index (χ3n) is 3.64. The average molecular weight is 270 g/mol. The van der Waals surface area contributed by atoms with Crippen LogP contribution in [0.3, 0.4) is 0 Å². The van der Waals surface area contributed by atoms with Gasteiger partial charge in [-0.25, -0.2) is 4.98 Å². The van der Waals surface area contributed by atoms with Gasteiger partial charge in [0.2, 0.25) is 0 Å². The van der Waals surface area contributed by atoms with Gasteiger partial charge in [-0.2, -0.15) is 0 Å². The zero-order chi connectivity index (χ0) is 13.9.